The average molecular weight is 583 g/mol. The highest BCUT2D eigenvalue weighted by Gasteiger charge is 2.17. The maximum absolute atomic E-state index is 12.5. The Morgan fingerprint density at radius 3 is 1.98 bits per heavy atom. The first-order valence-electron chi connectivity index (χ1n) is 14.6. The van der Waals surface area contributed by atoms with E-state index in [1.807, 2.05) is 13.0 Å². The molecule has 0 spiro atoms. The molecule has 0 unspecified atom stereocenters. The normalized spacial score (nSPS) is 10.9. The second kappa shape index (κ2) is 18.1. The van der Waals surface area contributed by atoms with Gasteiger partial charge in [-0.05, 0) is 68.0 Å². The standard InChI is InChI=1S/C22H28O4S.C12H18O2/c1-4-6-7-8-9-19-12-13-20(17-22(19)25-16-5-2)26-27(23,24)21-14-10-18(3)11-15-21;1-2-3-4-5-6-10-7-8-11(13)9-12(10)14/h5,10-15,17H,2,4,6-9,16H2,1,3H3;7-9,13-14H,2-6H2,1H3. The molecule has 3 rings (SSSR count). The summed E-state index contributed by atoms with van der Waals surface area (Å²) < 4.78 is 36.0. The molecule has 0 heterocycles. The monoisotopic (exact) mass is 582 g/mol. The third-order valence-corrected chi connectivity index (χ3v) is 7.84. The van der Waals surface area contributed by atoms with Crippen molar-refractivity contribution in [3.8, 4) is 23.0 Å². The van der Waals surface area contributed by atoms with Crippen LogP contribution in [0.5, 0.6) is 23.0 Å². The van der Waals surface area contributed by atoms with E-state index in [4.69, 9.17) is 14.0 Å². The molecule has 3 aromatic carbocycles. The lowest BCUT2D eigenvalue weighted by molar-refractivity contribution is 0.357. The maximum Gasteiger partial charge on any atom is 0.339 e. The summed E-state index contributed by atoms with van der Waals surface area (Å²) in [5.41, 5.74) is 2.97. The number of hydrogen-bond donors (Lipinski definition) is 2. The summed E-state index contributed by atoms with van der Waals surface area (Å²) in [5, 5.41) is 18.6. The van der Waals surface area contributed by atoms with E-state index in [1.54, 1.807) is 54.6 Å². The first kappa shape index (κ1) is 33.8. The SMILES string of the molecule is C=CCOc1cc(OS(=O)(=O)c2ccc(C)cc2)ccc1CCCCCC.CCCCCCc1ccc(O)cc1O. The number of phenolic OH excluding ortho intramolecular Hbond substituents is 2. The molecule has 2 N–H and O–H groups in total. The van der Waals surface area contributed by atoms with Crippen LogP contribution < -0.4 is 8.92 Å². The van der Waals surface area contributed by atoms with Crippen LogP contribution >= 0.6 is 0 Å². The predicted molar refractivity (Wildman–Crippen MR) is 167 cm³/mol. The third-order valence-electron chi connectivity index (χ3n) is 6.58. The zero-order valence-corrected chi connectivity index (χ0v) is 25.6. The molecule has 0 radical (unpaired) electrons. The van der Waals surface area contributed by atoms with E-state index < -0.39 is 10.1 Å². The topological polar surface area (TPSA) is 93.1 Å². The van der Waals surface area contributed by atoms with Gasteiger partial charge in [0, 0.05) is 12.1 Å². The zero-order valence-electron chi connectivity index (χ0n) is 24.8. The molecule has 0 atom stereocenters. The molecule has 3 aromatic rings. The zero-order chi connectivity index (χ0) is 30.1. The molecule has 0 aliphatic rings. The van der Waals surface area contributed by atoms with Crippen molar-refractivity contribution in [2.45, 2.75) is 89.9 Å². The van der Waals surface area contributed by atoms with E-state index in [1.165, 1.54) is 38.2 Å². The Bertz CT molecular complexity index is 1300. The number of ether oxygens (including phenoxy) is 1. The van der Waals surface area contributed by atoms with Crippen molar-refractivity contribution in [2.75, 3.05) is 6.61 Å². The van der Waals surface area contributed by atoms with Gasteiger partial charge in [-0.1, -0.05) is 94.9 Å². The molecule has 41 heavy (non-hydrogen) atoms. The fourth-order valence-corrected chi connectivity index (χ4v) is 5.13. The number of aromatic hydroxyl groups is 2. The van der Waals surface area contributed by atoms with Crippen LogP contribution in [0.15, 0.2) is 78.2 Å². The van der Waals surface area contributed by atoms with E-state index in [-0.39, 0.29) is 22.1 Å². The van der Waals surface area contributed by atoms with Crippen LogP contribution in [-0.4, -0.2) is 25.2 Å². The number of benzene rings is 3. The number of hydrogen-bond acceptors (Lipinski definition) is 6. The lowest BCUT2D eigenvalue weighted by Gasteiger charge is -2.13. The fraction of sp³-hybridized carbons (Fsp3) is 0.412. The number of rotatable bonds is 16. The molecule has 0 amide bonds. The molecule has 0 saturated heterocycles. The van der Waals surface area contributed by atoms with Crippen molar-refractivity contribution < 1.29 is 27.6 Å². The molecule has 0 aromatic heterocycles. The van der Waals surface area contributed by atoms with E-state index in [0.717, 1.165) is 48.8 Å². The van der Waals surface area contributed by atoms with Gasteiger partial charge in [0.15, 0.2) is 0 Å². The van der Waals surface area contributed by atoms with Gasteiger partial charge in [0.1, 0.15) is 34.5 Å². The van der Waals surface area contributed by atoms with Crippen molar-refractivity contribution in [3.05, 3.63) is 90.0 Å². The molecule has 0 aliphatic heterocycles. The van der Waals surface area contributed by atoms with E-state index in [2.05, 4.69) is 20.4 Å². The molecule has 0 bridgehead atoms. The summed E-state index contributed by atoms with van der Waals surface area (Å²) in [4.78, 5) is 0.130. The van der Waals surface area contributed by atoms with E-state index >= 15 is 0 Å². The Hall–Kier alpha value is -3.45. The summed E-state index contributed by atoms with van der Waals surface area (Å²) in [6.45, 7) is 10.3. The molecular weight excluding hydrogens is 536 g/mol. The van der Waals surface area contributed by atoms with Gasteiger partial charge in [0.2, 0.25) is 0 Å². The van der Waals surface area contributed by atoms with Crippen molar-refractivity contribution in [1.29, 1.82) is 0 Å². The van der Waals surface area contributed by atoms with Crippen LogP contribution in [0.1, 0.15) is 81.9 Å². The fourth-order valence-electron chi connectivity index (χ4n) is 4.20. The summed E-state index contributed by atoms with van der Waals surface area (Å²) >= 11 is 0. The quantitative estimate of drug-likeness (QED) is 0.0997. The van der Waals surface area contributed by atoms with E-state index in [0.29, 0.717) is 12.4 Å². The smallest absolute Gasteiger partial charge is 0.339 e. The summed E-state index contributed by atoms with van der Waals surface area (Å²) in [5.74, 6) is 1.22. The molecular formula is C34H46O6S. The van der Waals surface area contributed by atoms with Gasteiger partial charge in [-0.3, -0.25) is 0 Å². The largest absolute Gasteiger partial charge is 0.508 e. The summed E-state index contributed by atoms with van der Waals surface area (Å²) in [6, 6.07) is 16.6. The molecule has 7 heteroatoms. The van der Waals surface area contributed by atoms with Gasteiger partial charge >= 0.3 is 10.1 Å². The predicted octanol–water partition coefficient (Wildman–Crippen LogP) is 8.67. The molecule has 0 fully saturated rings. The number of unbranched alkanes of at least 4 members (excludes halogenated alkanes) is 6. The third kappa shape index (κ3) is 12.3. The number of phenols is 2. The summed E-state index contributed by atoms with van der Waals surface area (Å²) in [7, 11) is -3.88. The van der Waals surface area contributed by atoms with Crippen molar-refractivity contribution in [1.82, 2.24) is 0 Å². The molecule has 6 nitrogen and oxygen atoms in total. The number of aryl methyl sites for hydroxylation is 3. The minimum absolute atomic E-state index is 0.125. The van der Waals surface area contributed by atoms with Crippen LogP contribution in [0.25, 0.3) is 0 Å². The van der Waals surface area contributed by atoms with Crippen LogP contribution in [-0.2, 0) is 23.0 Å². The van der Waals surface area contributed by atoms with Gasteiger partial charge in [-0.25, -0.2) is 0 Å². The van der Waals surface area contributed by atoms with Gasteiger partial charge in [-0.2, -0.15) is 8.42 Å². The van der Waals surface area contributed by atoms with Crippen LogP contribution in [0, 0.1) is 6.92 Å². The van der Waals surface area contributed by atoms with Crippen LogP contribution in [0.3, 0.4) is 0 Å². The first-order chi connectivity index (χ1) is 19.7. The molecule has 0 saturated carbocycles. The summed E-state index contributed by atoms with van der Waals surface area (Å²) in [6.07, 6.45) is 12.9. The maximum atomic E-state index is 12.5. The molecule has 0 aliphatic carbocycles. The lowest BCUT2D eigenvalue weighted by Crippen LogP contribution is -2.10. The van der Waals surface area contributed by atoms with Crippen LogP contribution in [0.4, 0.5) is 0 Å². The first-order valence-corrected chi connectivity index (χ1v) is 16.0. The van der Waals surface area contributed by atoms with Gasteiger partial charge in [-0.15, -0.1) is 0 Å². The van der Waals surface area contributed by atoms with Crippen molar-refractivity contribution >= 4 is 10.1 Å². The minimum atomic E-state index is -3.88. The highest BCUT2D eigenvalue weighted by atomic mass is 32.2. The minimum Gasteiger partial charge on any atom is -0.508 e. The highest BCUT2D eigenvalue weighted by molar-refractivity contribution is 7.87. The van der Waals surface area contributed by atoms with Crippen LogP contribution in [0.2, 0.25) is 0 Å². The van der Waals surface area contributed by atoms with Gasteiger partial charge in [0.25, 0.3) is 0 Å². The second-order valence-electron chi connectivity index (χ2n) is 10.2. The van der Waals surface area contributed by atoms with Gasteiger partial charge < -0.3 is 19.1 Å². The highest BCUT2D eigenvalue weighted by Crippen LogP contribution is 2.29. The van der Waals surface area contributed by atoms with Crippen molar-refractivity contribution in [3.63, 3.8) is 0 Å². The molecule has 224 valence electrons. The van der Waals surface area contributed by atoms with E-state index in [9.17, 15) is 13.5 Å². The van der Waals surface area contributed by atoms with Gasteiger partial charge in [0.05, 0.1) is 0 Å². The Labute approximate surface area is 246 Å². The second-order valence-corrected chi connectivity index (χ2v) is 11.7. The van der Waals surface area contributed by atoms with Crippen molar-refractivity contribution in [2.24, 2.45) is 0 Å². The Morgan fingerprint density at radius 2 is 1.39 bits per heavy atom. The average Bonchev–Trinajstić information content (AvgIpc) is 2.94. The Kier molecular flexibility index (Phi) is 14.9. The lowest BCUT2D eigenvalue weighted by atomic mass is 10.1. The Morgan fingerprint density at radius 1 is 0.780 bits per heavy atom. The Balaban J connectivity index is 0.000000353.